The number of hydrogen-bond donors (Lipinski definition) is 0. The van der Waals surface area contributed by atoms with Gasteiger partial charge in [0.15, 0.2) is 0 Å². The summed E-state index contributed by atoms with van der Waals surface area (Å²) < 4.78 is 0. The molecule has 0 spiro atoms. The van der Waals surface area contributed by atoms with Crippen LogP contribution in [0.3, 0.4) is 0 Å². The van der Waals surface area contributed by atoms with Crippen LogP contribution in [0.15, 0.2) is 0 Å². The van der Waals surface area contributed by atoms with Crippen LogP contribution >= 0.6 is 0 Å². The second-order valence-corrected chi connectivity index (χ2v) is 4.64. The van der Waals surface area contributed by atoms with E-state index in [0.717, 1.165) is 25.7 Å². The molecule has 6 heteroatoms. The zero-order valence-corrected chi connectivity index (χ0v) is 16.9. The van der Waals surface area contributed by atoms with Crippen LogP contribution in [-0.4, -0.2) is 25.0 Å². The van der Waals surface area contributed by atoms with Gasteiger partial charge in [0, 0.05) is 18.3 Å². The first-order valence-electron chi connectivity index (χ1n) is 7.83. The van der Waals surface area contributed by atoms with E-state index in [4.69, 9.17) is 0 Å². The first kappa shape index (κ1) is 29.9. The molecule has 0 heterocycles. The number of ketones is 1. The van der Waals surface area contributed by atoms with Gasteiger partial charge in [-0.1, -0.05) is 53.4 Å². The maximum Gasteiger partial charge on any atom is 3.00 e. The number of aliphatic carboxylic acids is 1. The van der Waals surface area contributed by atoms with E-state index in [9.17, 15) is 24.9 Å². The number of rotatable bonds is 9. The molecule has 0 rings (SSSR count). The maximum absolute atomic E-state index is 11.0. The van der Waals surface area contributed by atoms with E-state index in [1.54, 1.807) is 0 Å². The smallest absolute Gasteiger partial charge is 0.854 e. The van der Waals surface area contributed by atoms with Crippen LogP contribution in [0.1, 0.15) is 72.6 Å². The Morgan fingerprint density at radius 2 is 1.23 bits per heavy atom. The van der Waals surface area contributed by atoms with Crippen molar-refractivity contribution < 1.29 is 51.1 Å². The van der Waals surface area contributed by atoms with Crippen molar-refractivity contribution in [3.63, 3.8) is 0 Å². The summed E-state index contributed by atoms with van der Waals surface area (Å²) >= 11 is 0. The molecule has 0 aromatic rings. The van der Waals surface area contributed by atoms with Gasteiger partial charge in [-0.2, -0.15) is 0 Å². The van der Waals surface area contributed by atoms with E-state index < -0.39 is 12.4 Å². The van der Waals surface area contributed by atoms with Gasteiger partial charge in [0.1, 0.15) is 5.78 Å². The minimum atomic E-state index is -1.28. The third-order valence-electron chi connectivity index (χ3n) is 2.76. The van der Waals surface area contributed by atoms with Crippen molar-refractivity contribution in [1.29, 1.82) is 0 Å². The minimum absolute atomic E-state index is 0. The molecule has 5 nitrogen and oxygen atoms in total. The van der Waals surface area contributed by atoms with Crippen LogP contribution in [0.25, 0.3) is 0 Å². The zero-order valence-electron chi connectivity index (χ0n) is 14.5. The molecule has 129 valence electrons. The van der Waals surface area contributed by atoms with Crippen molar-refractivity contribution in [3.05, 3.63) is 0 Å². The fraction of sp³-hybridized carbons (Fsp3) is 0.875. The number of Topliss-reactive ketones (excluding diaryl/α,β-unsaturated/α-hetero) is 1. The second kappa shape index (κ2) is 25.9. The van der Waals surface area contributed by atoms with Crippen molar-refractivity contribution >= 4 is 11.8 Å². The molecule has 0 aliphatic heterocycles. The van der Waals surface area contributed by atoms with Gasteiger partial charge in [-0.15, -0.1) is 13.2 Å². The Labute approximate surface area is 154 Å². The van der Waals surface area contributed by atoms with E-state index in [-0.39, 0.29) is 51.1 Å². The van der Waals surface area contributed by atoms with Gasteiger partial charge >= 0.3 is 26.2 Å². The van der Waals surface area contributed by atoms with Gasteiger partial charge in [-0.05, 0) is 12.8 Å². The van der Waals surface area contributed by atoms with E-state index in [1.165, 1.54) is 0 Å². The maximum atomic E-state index is 11.0. The van der Waals surface area contributed by atoms with Crippen LogP contribution in [0.2, 0.25) is 0 Å². The summed E-state index contributed by atoms with van der Waals surface area (Å²) in [4.78, 5) is 21.0. The minimum Gasteiger partial charge on any atom is -0.854 e. The van der Waals surface area contributed by atoms with Crippen molar-refractivity contribution in [2.75, 3.05) is 13.2 Å². The molecule has 0 aliphatic rings. The molecule has 0 atom stereocenters. The zero-order chi connectivity index (χ0) is 17.1. The number of carbonyl (C=O) groups is 2. The van der Waals surface area contributed by atoms with E-state index in [0.29, 0.717) is 12.8 Å². The van der Waals surface area contributed by atoms with Gasteiger partial charge in [0.2, 0.25) is 0 Å². The molecule has 0 aliphatic carbocycles. The summed E-state index contributed by atoms with van der Waals surface area (Å²) in [5, 5.41) is 29.1. The average Bonchev–Trinajstić information content (AvgIpc) is 2.42. The normalized spacial score (nSPS) is 8.86. The Balaban J connectivity index is -0.000000124. The van der Waals surface area contributed by atoms with Gasteiger partial charge < -0.3 is 20.1 Å². The molecular weight excluding hydrogens is 363 g/mol. The Morgan fingerprint density at radius 3 is 1.36 bits per heavy atom. The van der Waals surface area contributed by atoms with Crippen molar-refractivity contribution in [3.8, 4) is 0 Å². The number of unbranched alkanes of at least 4 members (excludes halogenated alkanes) is 2. The molecule has 0 bridgehead atoms. The van der Waals surface area contributed by atoms with Gasteiger partial charge in [-0.25, -0.2) is 0 Å². The molecule has 0 aromatic heterocycles. The monoisotopic (exact) mass is 393 g/mol. The quantitative estimate of drug-likeness (QED) is 0.527. The molecular formula is C16H31O5Zr. The topological polar surface area (TPSA) is 103 Å². The molecule has 0 aromatic carbocycles. The average molecular weight is 395 g/mol. The fourth-order valence-corrected chi connectivity index (χ4v) is 1.32. The molecule has 0 saturated heterocycles. The van der Waals surface area contributed by atoms with E-state index >= 15 is 0 Å². The number of carboxylic acid groups (broad SMARTS) is 1. The predicted octanol–water partition coefficient (Wildman–Crippen LogP) is 0.423. The van der Waals surface area contributed by atoms with Gasteiger partial charge in [0.05, 0.1) is 0 Å². The summed E-state index contributed by atoms with van der Waals surface area (Å²) in [7, 11) is 0. The summed E-state index contributed by atoms with van der Waals surface area (Å²) in [5.41, 5.74) is 0. The largest absolute Gasteiger partial charge is 3.00 e. The Morgan fingerprint density at radius 1 is 0.864 bits per heavy atom. The summed E-state index contributed by atoms with van der Waals surface area (Å²) in [6, 6.07) is 0. The predicted molar refractivity (Wildman–Crippen MR) is 78.3 cm³/mol. The van der Waals surface area contributed by atoms with Crippen LogP contribution in [-0.2, 0) is 35.8 Å². The first-order chi connectivity index (χ1) is 9.94. The first-order valence-corrected chi connectivity index (χ1v) is 7.83. The number of carbonyl (C=O) groups excluding carboxylic acids is 2. The summed E-state index contributed by atoms with van der Waals surface area (Å²) in [6.07, 6.45) is 4.71. The Bertz CT molecular complexity index is 221. The molecule has 0 amide bonds. The van der Waals surface area contributed by atoms with Gasteiger partial charge in [-0.3, -0.25) is 4.79 Å². The summed E-state index contributed by atoms with van der Waals surface area (Å²) in [6.45, 7) is 7.96. The van der Waals surface area contributed by atoms with Crippen LogP contribution < -0.4 is 15.3 Å². The number of hydrogen-bond acceptors (Lipinski definition) is 5. The van der Waals surface area contributed by atoms with E-state index in [1.807, 2.05) is 27.7 Å². The molecule has 0 fully saturated rings. The van der Waals surface area contributed by atoms with Crippen molar-refractivity contribution in [1.82, 2.24) is 0 Å². The van der Waals surface area contributed by atoms with Crippen LogP contribution in [0.4, 0.5) is 0 Å². The summed E-state index contributed by atoms with van der Waals surface area (Å²) in [5.74, 6) is -1.59. The standard InChI is InChI=1S/C8H14O3.2C4H9O.Zr/c1-3-6(4-2)7(9)5-8(10)11;2*1-2-3-4-5;/h6H,3-5H2,1-2H3,(H,10,11);2*2-4H2,1H3;/q;2*-1;+3/p-1. The molecule has 0 saturated carbocycles. The SMILES string of the molecule is CCC(CC)C(=O)CC(=O)[O-].CCCC[O-].CCCC[O-].[Zr+3]. The second-order valence-electron chi connectivity index (χ2n) is 4.64. The molecule has 0 unspecified atom stereocenters. The molecule has 0 N–H and O–H groups in total. The van der Waals surface area contributed by atoms with Crippen LogP contribution in [0, 0.1) is 5.92 Å². The number of carboxylic acids is 1. The van der Waals surface area contributed by atoms with Crippen LogP contribution in [0.5, 0.6) is 0 Å². The molecule has 1 radical (unpaired) electrons. The fourth-order valence-electron chi connectivity index (χ4n) is 1.32. The third-order valence-corrected chi connectivity index (χ3v) is 2.76. The van der Waals surface area contributed by atoms with Crippen molar-refractivity contribution in [2.24, 2.45) is 5.92 Å². The van der Waals surface area contributed by atoms with Gasteiger partial charge in [0.25, 0.3) is 0 Å². The van der Waals surface area contributed by atoms with E-state index in [2.05, 4.69) is 0 Å². The Hall–Kier alpha value is -0.0569. The van der Waals surface area contributed by atoms with Crippen molar-refractivity contribution in [2.45, 2.75) is 72.6 Å². The third kappa shape index (κ3) is 28.2. The molecule has 22 heavy (non-hydrogen) atoms. The Kier molecular flexibility index (Phi) is 35.2.